The van der Waals surface area contributed by atoms with Gasteiger partial charge in [0.2, 0.25) is 5.91 Å². The van der Waals surface area contributed by atoms with E-state index in [2.05, 4.69) is 34.3 Å². The van der Waals surface area contributed by atoms with Gasteiger partial charge >= 0.3 is 0 Å². The average Bonchev–Trinajstić information content (AvgIpc) is 2.83. The van der Waals surface area contributed by atoms with Crippen LogP contribution in [0.3, 0.4) is 0 Å². The minimum Gasteiger partial charge on any atom is -0.457 e. The van der Waals surface area contributed by atoms with E-state index in [1.165, 1.54) is 5.56 Å². The van der Waals surface area contributed by atoms with E-state index in [1.54, 1.807) is 0 Å². The molecule has 6 heteroatoms. The van der Waals surface area contributed by atoms with E-state index in [1.807, 2.05) is 66.7 Å². The van der Waals surface area contributed by atoms with Gasteiger partial charge in [-0.25, -0.2) is 0 Å². The van der Waals surface area contributed by atoms with Crippen LogP contribution in [0.2, 0.25) is 5.02 Å². The predicted octanol–water partition coefficient (Wildman–Crippen LogP) is 5.67. The first-order valence-corrected chi connectivity index (χ1v) is 11.7. The van der Waals surface area contributed by atoms with Crippen molar-refractivity contribution in [2.24, 2.45) is 0 Å². The molecule has 0 atom stereocenters. The lowest BCUT2D eigenvalue weighted by Gasteiger charge is -2.36. The molecule has 1 fully saturated rings. The summed E-state index contributed by atoms with van der Waals surface area (Å²) in [6, 6.07) is 25.7. The fourth-order valence-corrected chi connectivity index (χ4v) is 4.29. The molecule has 0 aromatic heterocycles. The zero-order valence-electron chi connectivity index (χ0n) is 18.9. The minimum atomic E-state index is 0.0136. The molecule has 3 aromatic rings. The quantitative estimate of drug-likeness (QED) is 0.467. The Bertz CT molecular complexity index is 1020. The number of carbonyl (C=O) groups is 1. The minimum absolute atomic E-state index is 0.0136. The van der Waals surface area contributed by atoms with Crippen LogP contribution in [-0.2, 0) is 11.3 Å². The van der Waals surface area contributed by atoms with Crippen molar-refractivity contribution in [2.75, 3.05) is 32.0 Å². The van der Waals surface area contributed by atoms with Crippen LogP contribution in [0.1, 0.15) is 18.4 Å². The van der Waals surface area contributed by atoms with E-state index in [4.69, 9.17) is 16.3 Å². The Labute approximate surface area is 200 Å². The van der Waals surface area contributed by atoms with Gasteiger partial charge in [0.1, 0.15) is 11.5 Å². The summed E-state index contributed by atoms with van der Waals surface area (Å²) in [6.45, 7) is 3.17. The number of hydrogen-bond donors (Lipinski definition) is 1. The van der Waals surface area contributed by atoms with Crippen LogP contribution < -0.4 is 10.1 Å². The van der Waals surface area contributed by atoms with E-state index in [0.717, 1.165) is 54.7 Å². The van der Waals surface area contributed by atoms with Crippen LogP contribution in [0.25, 0.3) is 0 Å². The second kappa shape index (κ2) is 11.3. The number of benzene rings is 3. The SMILES string of the molecule is CN(Cc1ccc(Cl)cc1)C1CCN(CC(=O)Nc2ccc(Oc3ccccc3)cc2)CC1. The second-order valence-corrected chi connectivity index (χ2v) is 8.97. The maximum absolute atomic E-state index is 12.5. The lowest BCUT2D eigenvalue weighted by atomic mass is 10.0. The maximum atomic E-state index is 12.5. The fourth-order valence-electron chi connectivity index (χ4n) is 4.16. The molecule has 3 aromatic carbocycles. The van der Waals surface area contributed by atoms with Gasteiger partial charge in [-0.1, -0.05) is 41.9 Å². The first-order chi connectivity index (χ1) is 16.0. The monoisotopic (exact) mass is 463 g/mol. The molecule has 172 valence electrons. The van der Waals surface area contributed by atoms with Crippen LogP contribution in [-0.4, -0.2) is 48.4 Å². The van der Waals surface area contributed by atoms with Crippen molar-refractivity contribution in [2.45, 2.75) is 25.4 Å². The average molecular weight is 464 g/mol. The summed E-state index contributed by atoms with van der Waals surface area (Å²) in [7, 11) is 2.17. The van der Waals surface area contributed by atoms with Gasteiger partial charge in [-0.05, 0) is 74.0 Å². The summed E-state index contributed by atoms with van der Waals surface area (Å²) in [5, 5.41) is 3.76. The number of rotatable bonds is 8. The molecule has 1 N–H and O–H groups in total. The largest absolute Gasteiger partial charge is 0.457 e. The first-order valence-electron chi connectivity index (χ1n) is 11.3. The number of anilines is 1. The zero-order chi connectivity index (χ0) is 23.0. The number of hydrogen-bond acceptors (Lipinski definition) is 4. The lowest BCUT2D eigenvalue weighted by molar-refractivity contribution is -0.117. The van der Waals surface area contributed by atoms with Crippen molar-refractivity contribution in [3.05, 3.63) is 89.4 Å². The number of piperidine rings is 1. The van der Waals surface area contributed by atoms with Gasteiger partial charge in [0, 0.05) is 36.4 Å². The third-order valence-electron chi connectivity index (χ3n) is 6.01. The van der Waals surface area contributed by atoms with Gasteiger partial charge in [-0.15, -0.1) is 0 Å². The lowest BCUT2D eigenvalue weighted by Crippen LogP contribution is -2.45. The Morgan fingerprint density at radius 1 is 0.970 bits per heavy atom. The third-order valence-corrected chi connectivity index (χ3v) is 6.26. The third kappa shape index (κ3) is 7.06. The molecule has 1 saturated heterocycles. The molecule has 0 radical (unpaired) electrons. The molecule has 33 heavy (non-hydrogen) atoms. The molecule has 5 nitrogen and oxygen atoms in total. The zero-order valence-corrected chi connectivity index (χ0v) is 19.7. The molecule has 0 bridgehead atoms. The highest BCUT2D eigenvalue weighted by Gasteiger charge is 2.23. The first kappa shape index (κ1) is 23.3. The molecule has 1 aliphatic heterocycles. The van der Waals surface area contributed by atoms with Crippen molar-refractivity contribution >= 4 is 23.2 Å². The van der Waals surface area contributed by atoms with Gasteiger partial charge in [-0.2, -0.15) is 0 Å². The Hall–Kier alpha value is -2.86. The van der Waals surface area contributed by atoms with Crippen LogP contribution in [0, 0.1) is 0 Å². The van der Waals surface area contributed by atoms with Gasteiger partial charge in [0.15, 0.2) is 0 Å². The predicted molar refractivity (Wildman–Crippen MR) is 134 cm³/mol. The van der Waals surface area contributed by atoms with Crippen LogP contribution >= 0.6 is 11.6 Å². The number of nitrogens with zero attached hydrogens (tertiary/aromatic N) is 2. The Balaban J connectivity index is 1.19. The molecule has 0 aliphatic carbocycles. The normalized spacial score (nSPS) is 14.9. The molecule has 0 unspecified atom stereocenters. The summed E-state index contributed by atoms with van der Waals surface area (Å²) in [6.07, 6.45) is 2.12. The van der Waals surface area contributed by atoms with Gasteiger partial charge in [0.25, 0.3) is 0 Å². The maximum Gasteiger partial charge on any atom is 0.238 e. The Morgan fingerprint density at radius 3 is 2.27 bits per heavy atom. The highest BCUT2D eigenvalue weighted by molar-refractivity contribution is 6.30. The van der Waals surface area contributed by atoms with E-state index in [0.29, 0.717) is 12.6 Å². The number of nitrogens with one attached hydrogen (secondary N) is 1. The molecule has 0 spiro atoms. The van der Waals surface area contributed by atoms with Crippen molar-refractivity contribution in [3.8, 4) is 11.5 Å². The molecule has 1 amide bonds. The van der Waals surface area contributed by atoms with E-state index in [9.17, 15) is 4.79 Å². The van der Waals surface area contributed by atoms with Gasteiger partial charge < -0.3 is 10.1 Å². The second-order valence-electron chi connectivity index (χ2n) is 8.54. The number of para-hydroxylation sites is 1. The molecule has 1 aliphatic rings. The van der Waals surface area contributed by atoms with Gasteiger partial charge in [0.05, 0.1) is 6.54 Å². The standard InChI is InChI=1S/C27H30ClN3O2/c1-30(19-21-7-9-22(28)10-8-21)24-15-17-31(18-16-24)20-27(32)29-23-11-13-26(14-12-23)33-25-5-3-2-4-6-25/h2-14,24H,15-20H2,1H3,(H,29,32). The summed E-state index contributed by atoms with van der Waals surface area (Å²) in [5.74, 6) is 1.54. The summed E-state index contributed by atoms with van der Waals surface area (Å²) in [5.41, 5.74) is 2.04. The smallest absolute Gasteiger partial charge is 0.238 e. The Morgan fingerprint density at radius 2 is 1.61 bits per heavy atom. The molecule has 4 rings (SSSR count). The van der Waals surface area contributed by atoms with Gasteiger partial charge in [-0.3, -0.25) is 14.6 Å². The molecular formula is C27H30ClN3O2. The molecular weight excluding hydrogens is 434 g/mol. The van der Waals surface area contributed by atoms with Crippen LogP contribution in [0.4, 0.5) is 5.69 Å². The number of carbonyl (C=O) groups excluding carboxylic acids is 1. The topological polar surface area (TPSA) is 44.8 Å². The van der Waals surface area contributed by atoms with E-state index in [-0.39, 0.29) is 5.91 Å². The van der Waals surface area contributed by atoms with Crippen molar-refractivity contribution in [3.63, 3.8) is 0 Å². The summed E-state index contributed by atoms with van der Waals surface area (Å²) >= 11 is 5.98. The number of amides is 1. The number of halogens is 1. The van der Waals surface area contributed by atoms with Crippen LogP contribution in [0.5, 0.6) is 11.5 Å². The summed E-state index contributed by atoms with van der Waals surface area (Å²) < 4.78 is 5.80. The number of ether oxygens (including phenoxy) is 1. The van der Waals surface area contributed by atoms with Crippen molar-refractivity contribution < 1.29 is 9.53 Å². The van der Waals surface area contributed by atoms with Crippen molar-refractivity contribution in [1.82, 2.24) is 9.80 Å². The highest BCUT2D eigenvalue weighted by Crippen LogP contribution is 2.23. The Kier molecular flexibility index (Phi) is 8.00. The van der Waals surface area contributed by atoms with Crippen molar-refractivity contribution in [1.29, 1.82) is 0 Å². The number of likely N-dealkylation sites (tertiary alicyclic amines) is 1. The summed E-state index contributed by atoms with van der Waals surface area (Å²) in [4.78, 5) is 17.2. The van der Waals surface area contributed by atoms with E-state index >= 15 is 0 Å². The van der Waals surface area contributed by atoms with E-state index < -0.39 is 0 Å². The molecule has 1 heterocycles. The molecule has 0 saturated carbocycles. The van der Waals surface area contributed by atoms with Crippen LogP contribution in [0.15, 0.2) is 78.9 Å². The fraction of sp³-hybridized carbons (Fsp3) is 0.296. The highest BCUT2D eigenvalue weighted by atomic mass is 35.5.